The summed E-state index contributed by atoms with van der Waals surface area (Å²) in [6.45, 7) is 1.86. The largest absolute Gasteiger partial charge is 0.385 e. The van der Waals surface area contributed by atoms with Gasteiger partial charge >= 0.3 is 0 Å². The molecule has 0 bridgehead atoms. The first-order valence-corrected chi connectivity index (χ1v) is 3.49. The standard InChI is InChI=1S/C8H11ClO/c1-2-5-8(10)6-3-4-7-9/h2-8,10H,1H3/b5-2+,6-3+,7-4-. The zero-order valence-electron chi connectivity index (χ0n) is 5.87. The lowest BCUT2D eigenvalue weighted by molar-refractivity contribution is 0.271. The minimum absolute atomic E-state index is 0.502. The fourth-order valence-corrected chi connectivity index (χ4v) is 0.565. The molecule has 56 valence electrons. The highest BCUT2D eigenvalue weighted by Crippen LogP contribution is 1.89. The molecule has 1 unspecified atom stereocenters. The van der Waals surface area contributed by atoms with E-state index in [9.17, 15) is 0 Å². The molecule has 0 aromatic rings. The molecule has 0 aliphatic carbocycles. The van der Waals surface area contributed by atoms with Gasteiger partial charge in [-0.05, 0) is 6.92 Å². The summed E-state index contributed by atoms with van der Waals surface area (Å²) in [6.07, 6.45) is 7.95. The molecule has 0 aliphatic heterocycles. The van der Waals surface area contributed by atoms with E-state index in [1.165, 1.54) is 5.54 Å². The summed E-state index contributed by atoms with van der Waals surface area (Å²) < 4.78 is 0. The van der Waals surface area contributed by atoms with Crippen LogP contribution in [0, 0.1) is 0 Å². The van der Waals surface area contributed by atoms with Crippen LogP contribution in [-0.2, 0) is 0 Å². The van der Waals surface area contributed by atoms with Gasteiger partial charge < -0.3 is 5.11 Å². The van der Waals surface area contributed by atoms with E-state index < -0.39 is 6.10 Å². The molecule has 0 spiro atoms. The maximum Gasteiger partial charge on any atom is 0.0905 e. The molecule has 0 radical (unpaired) electrons. The van der Waals surface area contributed by atoms with E-state index in [0.717, 1.165) is 0 Å². The minimum Gasteiger partial charge on any atom is -0.385 e. The summed E-state index contributed by atoms with van der Waals surface area (Å²) in [5, 5.41) is 9.03. The Labute approximate surface area is 66.3 Å². The summed E-state index contributed by atoms with van der Waals surface area (Å²) >= 11 is 5.23. The predicted molar refractivity (Wildman–Crippen MR) is 45.0 cm³/mol. The second-order valence-corrected chi connectivity index (χ2v) is 1.97. The lowest BCUT2D eigenvalue weighted by Gasteiger charge is -1.92. The number of hydrogen-bond acceptors (Lipinski definition) is 1. The highest BCUT2D eigenvalue weighted by molar-refractivity contribution is 6.25. The van der Waals surface area contributed by atoms with E-state index in [2.05, 4.69) is 0 Å². The van der Waals surface area contributed by atoms with Crippen molar-refractivity contribution in [2.45, 2.75) is 13.0 Å². The number of rotatable bonds is 3. The van der Waals surface area contributed by atoms with Gasteiger partial charge in [-0.1, -0.05) is 42.0 Å². The van der Waals surface area contributed by atoms with Gasteiger partial charge in [0, 0.05) is 5.54 Å². The van der Waals surface area contributed by atoms with Crippen molar-refractivity contribution in [3.63, 3.8) is 0 Å². The smallest absolute Gasteiger partial charge is 0.0905 e. The van der Waals surface area contributed by atoms with Crippen molar-refractivity contribution in [1.29, 1.82) is 0 Å². The van der Waals surface area contributed by atoms with Crippen LogP contribution in [0.2, 0.25) is 0 Å². The molecule has 0 saturated heterocycles. The first-order chi connectivity index (χ1) is 4.81. The van der Waals surface area contributed by atoms with E-state index in [1.807, 2.05) is 6.92 Å². The SMILES string of the molecule is C/C=C/C(O)/C=C/C=C\Cl. The Kier molecular flexibility index (Phi) is 6.24. The number of aliphatic hydroxyl groups is 1. The van der Waals surface area contributed by atoms with Gasteiger partial charge in [0.05, 0.1) is 6.10 Å². The Balaban J connectivity index is 3.65. The molecule has 2 heteroatoms. The number of allylic oxidation sites excluding steroid dienone is 3. The first kappa shape index (κ1) is 9.47. The third-order valence-corrected chi connectivity index (χ3v) is 1.03. The van der Waals surface area contributed by atoms with E-state index in [-0.39, 0.29) is 0 Å². The summed E-state index contributed by atoms with van der Waals surface area (Å²) in [7, 11) is 0. The van der Waals surface area contributed by atoms with Crippen molar-refractivity contribution in [2.24, 2.45) is 0 Å². The third kappa shape index (κ3) is 5.60. The average molecular weight is 159 g/mol. The van der Waals surface area contributed by atoms with Crippen molar-refractivity contribution >= 4 is 11.6 Å². The Morgan fingerprint density at radius 3 is 2.50 bits per heavy atom. The van der Waals surface area contributed by atoms with E-state index >= 15 is 0 Å². The quantitative estimate of drug-likeness (QED) is 0.494. The zero-order chi connectivity index (χ0) is 7.82. The lowest BCUT2D eigenvalue weighted by atomic mass is 10.3. The average Bonchev–Trinajstić information content (AvgIpc) is 1.89. The van der Waals surface area contributed by atoms with Crippen LogP contribution in [0.4, 0.5) is 0 Å². The van der Waals surface area contributed by atoms with Crippen LogP contribution < -0.4 is 0 Å². The van der Waals surface area contributed by atoms with Crippen LogP contribution in [0.1, 0.15) is 6.92 Å². The normalized spacial score (nSPS) is 15.9. The highest BCUT2D eigenvalue weighted by Gasteiger charge is 1.85. The van der Waals surface area contributed by atoms with Crippen molar-refractivity contribution in [1.82, 2.24) is 0 Å². The molecular weight excluding hydrogens is 148 g/mol. The Morgan fingerprint density at radius 1 is 1.30 bits per heavy atom. The number of aliphatic hydroxyl groups excluding tert-OH is 1. The fraction of sp³-hybridized carbons (Fsp3) is 0.250. The molecule has 0 saturated carbocycles. The van der Waals surface area contributed by atoms with Gasteiger partial charge in [-0.2, -0.15) is 0 Å². The van der Waals surface area contributed by atoms with Crippen molar-refractivity contribution in [3.05, 3.63) is 35.9 Å². The van der Waals surface area contributed by atoms with Gasteiger partial charge in [-0.25, -0.2) is 0 Å². The maximum absolute atomic E-state index is 9.03. The molecule has 0 rings (SSSR count). The van der Waals surface area contributed by atoms with Gasteiger partial charge in [0.2, 0.25) is 0 Å². The molecular formula is C8H11ClO. The molecule has 0 fully saturated rings. The van der Waals surface area contributed by atoms with Gasteiger partial charge in [0.25, 0.3) is 0 Å². The van der Waals surface area contributed by atoms with Crippen LogP contribution in [0.3, 0.4) is 0 Å². The Morgan fingerprint density at radius 2 is 2.00 bits per heavy atom. The maximum atomic E-state index is 9.03. The topological polar surface area (TPSA) is 20.2 Å². The Hall–Kier alpha value is -0.530. The number of halogens is 1. The van der Waals surface area contributed by atoms with Crippen molar-refractivity contribution < 1.29 is 5.11 Å². The Bertz CT molecular complexity index is 147. The van der Waals surface area contributed by atoms with Crippen LogP contribution in [0.5, 0.6) is 0 Å². The van der Waals surface area contributed by atoms with Crippen LogP contribution in [0.15, 0.2) is 35.9 Å². The lowest BCUT2D eigenvalue weighted by Crippen LogP contribution is -1.94. The van der Waals surface area contributed by atoms with Gasteiger partial charge in [0.1, 0.15) is 0 Å². The molecule has 10 heavy (non-hydrogen) atoms. The second-order valence-electron chi connectivity index (χ2n) is 1.72. The monoisotopic (exact) mass is 158 g/mol. The molecule has 1 nitrogen and oxygen atoms in total. The van der Waals surface area contributed by atoms with Crippen LogP contribution in [0.25, 0.3) is 0 Å². The zero-order valence-corrected chi connectivity index (χ0v) is 6.62. The van der Waals surface area contributed by atoms with Gasteiger partial charge in [-0.15, -0.1) is 0 Å². The van der Waals surface area contributed by atoms with Crippen molar-refractivity contribution in [2.75, 3.05) is 0 Å². The van der Waals surface area contributed by atoms with Crippen LogP contribution in [-0.4, -0.2) is 11.2 Å². The molecule has 0 aromatic heterocycles. The molecule has 0 aliphatic rings. The minimum atomic E-state index is -0.502. The first-order valence-electron chi connectivity index (χ1n) is 3.05. The summed E-state index contributed by atoms with van der Waals surface area (Å²) in [4.78, 5) is 0. The molecule has 0 aromatic carbocycles. The molecule has 0 amide bonds. The predicted octanol–water partition coefficient (Wildman–Crippen LogP) is 2.23. The van der Waals surface area contributed by atoms with Gasteiger partial charge in [-0.3, -0.25) is 0 Å². The highest BCUT2D eigenvalue weighted by atomic mass is 35.5. The second kappa shape index (κ2) is 6.59. The molecule has 1 N–H and O–H groups in total. The molecule has 0 heterocycles. The number of hydrogen-bond donors (Lipinski definition) is 1. The fourth-order valence-electron chi connectivity index (χ4n) is 0.481. The summed E-state index contributed by atoms with van der Waals surface area (Å²) in [6, 6.07) is 0. The van der Waals surface area contributed by atoms with E-state index in [4.69, 9.17) is 16.7 Å². The van der Waals surface area contributed by atoms with Crippen molar-refractivity contribution in [3.8, 4) is 0 Å². The molecule has 1 atom stereocenters. The third-order valence-electron chi connectivity index (χ3n) is 0.882. The van der Waals surface area contributed by atoms with E-state index in [1.54, 1.807) is 30.4 Å². The van der Waals surface area contributed by atoms with E-state index in [0.29, 0.717) is 0 Å². The van der Waals surface area contributed by atoms with Gasteiger partial charge in [0.15, 0.2) is 0 Å². The van der Waals surface area contributed by atoms with Crippen LogP contribution >= 0.6 is 11.6 Å². The summed E-state index contributed by atoms with van der Waals surface area (Å²) in [5.41, 5.74) is 1.39. The summed E-state index contributed by atoms with van der Waals surface area (Å²) in [5.74, 6) is 0.